The minimum atomic E-state index is -0.363. The van der Waals surface area contributed by atoms with Gasteiger partial charge in [-0.15, -0.1) is 12.4 Å². The molecule has 0 heterocycles. The summed E-state index contributed by atoms with van der Waals surface area (Å²) in [6, 6.07) is 0. The third-order valence-electron chi connectivity index (χ3n) is 4.55. The van der Waals surface area contributed by atoms with E-state index in [4.69, 9.17) is 4.74 Å². The van der Waals surface area contributed by atoms with Gasteiger partial charge in [-0.1, -0.05) is 90.9 Å². The van der Waals surface area contributed by atoms with Crippen molar-refractivity contribution in [3.63, 3.8) is 0 Å². The lowest BCUT2D eigenvalue weighted by Crippen LogP contribution is -2.28. The van der Waals surface area contributed by atoms with Crippen LogP contribution in [0.15, 0.2) is 0 Å². The first-order valence-corrected chi connectivity index (χ1v) is 10.6. The van der Waals surface area contributed by atoms with Crippen LogP contribution in [0.3, 0.4) is 0 Å². The molecule has 25 heavy (non-hydrogen) atoms. The maximum Gasteiger partial charge on any atom is 0.309 e. The first-order valence-electron chi connectivity index (χ1n) is 10.6. The van der Waals surface area contributed by atoms with Crippen molar-refractivity contribution >= 4 is 18.4 Å². The molecule has 2 nitrogen and oxygen atoms in total. The molecule has 0 aliphatic rings. The number of unbranched alkanes of at least 4 members (excludes halogenated alkanes) is 10. The van der Waals surface area contributed by atoms with E-state index in [9.17, 15) is 4.79 Å². The van der Waals surface area contributed by atoms with Gasteiger partial charge in [0.1, 0.15) is 5.60 Å². The predicted octanol–water partition coefficient (Wildman–Crippen LogP) is 7.87. The average Bonchev–Trinajstić information content (AvgIpc) is 2.50. The third kappa shape index (κ3) is 18.4. The third-order valence-corrected chi connectivity index (χ3v) is 4.55. The topological polar surface area (TPSA) is 26.3 Å². The van der Waals surface area contributed by atoms with Gasteiger partial charge in [0, 0.05) is 0 Å². The van der Waals surface area contributed by atoms with Gasteiger partial charge in [-0.2, -0.15) is 0 Å². The van der Waals surface area contributed by atoms with Gasteiger partial charge in [0.25, 0.3) is 0 Å². The van der Waals surface area contributed by atoms with Crippen molar-refractivity contribution in [2.45, 2.75) is 130 Å². The summed E-state index contributed by atoms with van der Waals surface area (Å²) in [7, 11) is 0. The zero-order chi connectivity index (χ0) is 18.3. The number of hydrogen-bond acceptors (Lipinski definition) is 2. The van der Waals surface area contributed by atoms with E-state index >= 15 is 0 Å². The van der Waals surface area contributed by atoms with Gasteiger partial charge in [-0.3, -0.25) is 4.79 Å². The maximum absolute atomic E-state index is 12.5. The summed E-state index contributed by atoms with van der Waals surface area (Å²) in [4.78, 5) is 12.5. The Morgan fingerprint density at radius 3 is 1.44 bits per heavy atom. The molecule has 0 radical (unpaired) electrons. The van der Waals surface area contributed by atoms with Gasteiger partial charge >= 0.3 is 5.97 Å². The smallest absolute Gasteiger partial charge is 0.309 e. The van der Waals surface area contributed by atoms with Crippen LogP contribution in [-0.2, 0) is 9.53 Å². The summed E-state index contributed by atoms with van der Waals surface area (Å²) in [5, 5.41) is 0. The van der Waals surface area contributed by atoms with Crippen molar-refractivity contribution in [1.82, 2.24) is 0 Å². The number of carbonyl (C=O) groups excluding carboxylic acids is 1. The molecule has 0 amide bonds. The molecular formula is C22H45ClO2. The lowest BCUT2D eigenvalue weighted by atomic mass is 9.94. The number of hydrogen-bond donors (Lipinski definition) is 0. The van der Waals surface area contributed by atoms with Crippen LogP contribution in [0.25, 0.3) is 0 Å². The molecule has 0 saturated carbocycles. The number of halogens is 1. The molecule has 0 fully saturated rings. The molecule has 152 valence electrons. The van der Waals surface area contributed by atoms with Crippen molar-refractivity contribution in [1.29, 1.82) is 0 Å². The highest BCUT2D eigenvalue weighted by molar-refractivity contribution is 5.85. The fourth-order valence-corrected chi connectivity index (χ4v) is 3.11. The second-order valence-electron chi connectivity index (χ2n) is 8.34. The van der Waals surface area contributed by atoms with Crippen LogP contribution in [0.4, 0.5) is 0 Å². The van der Waals surface area contributed by atoms with E-state index in [0.717, 1.165) is 12.8 Å². The Morgan fingerprint density at radius 2 is 1.08 bits per heavy atom. The van der Waals surface area contributed by atoms with Crippen LogP contribution in [0.2, 0.25) is 0 Å². The minimum absolute atomic E-state index is 0. The van der Waals surface area contributed by atoms with E-state index in [0.29, 0.717) is 0 Å². The summed E-state index contributed by atoms with van der Waals surface area (Å²) in [5.74, 6) is 0.144. The molecule has 0 spiro atoms. The molecule has 0 aromatic heterocycles. The molecule has 0 aliphatic carbocycles. The Kier molecular flexibility index (Phi) is 18.6. The summed E-state index contributed by atoms with van der Waals surface area (Å²) in [5.41, 5.74) is -0.363. The molecule has 3 heteroatoms. The van der Waals surface area contributed by atoms with Crippen LogP contribution in [-0.4, -0.2) is 11.6 Å². The molecule has 0 N–H and O–H groups in total. The molecule has 1 atom stereocenters. The van der Waals surface area contributed by atoms with Crippen molar-refractivity contribution in [3.05, 3.63) is 0 Å². The van der Waals surface area contributed by atoms with Gasteiger partial charge < -0.3 is 4.74 Å². The van der Waals surface area contributed by atoms with E-state index in [2.05, 4.69) is 13.8 Å². The van der Waals surface area contributed by atoms with E-state index in [1.54, 1.807) is 0 Å². The standard InChI is InChI=1S/C22H44O2.ClH/c1-6-8-10-12-13-15-17-19-20(18-16-14-11-9-7-2)21(23)24-22(3,4)5;/h20H,6-19H2,1-5H3;1H. The second-order valence-corrected chi connectivity index (χ2v) is 8.34. The van der Waals surface area contributed by atoms with Gasteiger partial charge in [0.2, 0.25) is 0 Å². The average molecular weight is 377 g/mol. The fraction of sp³-hybridized carbons (Fsp3) is 0.955. The zero-order valence-electron chi connectivity index (χ0n) is 17.7. The highest BCUT2D eigenvalue weighted by atomic mass is 35.5. The Labute approximate surface area is 164 Å². The van der Waals surface area contributed by atoms with Crippen LogP contribution >= 0.6 is 12.4 Å². The quantitative estimate of drug-likeness (QED) is 0.214. The second kappa shape index (κ2) is 17.2. The SMILES string of the molecule is CCCCCCCCCC(CCCCCCC)C(=O)OC(C)(C)C.Cl. The number of carbonyl (C=O) groups is 1. The molecule has 0 aliphatic heterocycles. The molecule has 0 aromatic carbocycles. The van der Waals surface area contributed by atoms with E-state index in [1.807, 2.05) is 20.8 Å². The van der Waals surface area contributed by atoms with E-state index in [1.165, 1.54) is 77.0 Å². The largest absolute Gasteiger partial charge is 0.460 e. The molecule has 1 unspecified atom stereocenters. The molecule has 0 aromatic rings. The van der Waals surface area contributed by atoms with Crippen LogP contribution in [0.5, 0.6) is 0 Å². The highest BCUT2D eigenvalue weighted by Crippen LogP contribution is 2.23. The monoisotopic (exact) mass is 376 g/mol. The number of ether oxygens (including phenoxy) is 1. The highest BCUT2D eigenvalue weighted by Gasteiger charge is 2.24. The van der Waals surface area contributed by atoms with E-state index < -0.39 is 0 Å². The summed E-state index contributed by atoms with van der Waals surface area (Å²) in [6.07, 6.45) is 17.5. The van der Waals surface area contributed by atoms with E-state index in [-0.39, 0.29) is 29.9 Å². The first-order chi connectivity index (χ1) is 11.4. The maximum atomic E-state index is 12.5. The summed E-state index contributed by atoms with van der Waals surface area (Å²) in [6.45, 7) is 10.4. The van der Waals surface area contributed by atoms with Crippen molar-refractivity contribution in [2.24, 2.45) is 5.92 Å². The van der Waals surface area contributed by atoms with Crippen LogP contribution in [0.1, 0.15) is 125 Å². The summed E-state index contributed by atoms with van der Waals surface area (Å²) >= 11 is 0. The fourth-order valence-electron chi connectivity index (χ4n) is 3.11. The van der Waals surface area contributed by atoms with Gasteiger partial charge in [-0.25, -0.2) is 0 Å². The lowest BCUT2D eigenvalue weighted by Gasteiger charge is -2.24. The first kappa shape index (κ1) is 27.0. The normalized spacial score (nSPS) is 12.5. The van der Waals surface area contributed by atoms with Crippen molar-refractivity contribution < 1.29 is 9.53 Å². The lowest BCUT2D eigenvalue weighted by molar-refractivity contribution is -0.160. The van der Waals surface area contributed by atoms with Crippen molar-refractivity contribution in [3.8, 4) is 0 Å². The Hall–Kier alpha value is -0.240. The van der Waals surface area contributed by atoms with Crippen LogP contribution < -0.4 is 0 Å². The zero-order valence-corrected chi connectivity index (χ0v) is 18.5. The molecule has 0 rings (SSSR count). The Morgan fingerprint density at radius 1 is 0.720 bits per heavy atom. The Balaban J connectivity index is 0. The number of esters is 1. The van der Waals surface area contributed by atoms with Crippen molar-refractivity contribution in [2.75, 3.05) is 0 Å². The van der Waals surface area contributed by atoms with Gasteiger partial charge in [0.05, 0.1) is 5.92 Å². The summed E-state index contributed by atoms with van der Waals surface area (Å²) < 4.78 is 5.65. The minimum Gasteiger partial charge on any atom is -0.460 e. The molecular weight excluding hydrogens is 332 g/mol. The predicted molar refractivity (Wildman–Crippen MR) is 113 cm³/mol. The number of rotatable bonds is 15. The van der Waals surface area contributed by atoms with Gasteiger partial charge in [-0.05, 0) is 33.6 Å². The Bertz CT molecular complexity index is 297. The van der Waals surface area contributed by atoms with Crippen LogP contribution in [0, 0.1) is 5.92 Å². The molecule has 0 bridgehead atoms. The molecule has 0 saturated heterocycles. The van der Waals surface area contributed by atoms with Gasteiger partial charge in [0.15, 0.2) is 0 Å².